The highest BCUT2D eigenvalue weighted by Crippen LogP contribution is 2.28. The van der Waals surface area contributed by atoms with Crippen LogP contribution in [-0.4, -0.2) is 53.6 Å². The molecular formula is C19H26N2O4. The molecule has 0 saturated carbocycles. The molecule has 1 aromatic heterocycles. The summed E-state index contributed by atoms with van der Waals surface area (Å²) in [6.45, 7) is 6.10. The average Bonchev–Trinajstić information content (AvgIpc) is 3.28. The van der Waals surface area contributed by atoms with Crippen LogP contribution in [-0.2, 0) is 9.53 Å². The Labute approximate surface area is 148 Å². The maximum absolute atomic E-state index is 12.3. The quantitative estimate of drug-likeness (QED) is 0.768. The molecule has 0 unspecified atom stereocenters. The van der Waals surface area contributed by atoms with E-state index in [0.717, 1.165) is 19.3 Å². The summed E-state index contributed by atoms with van der Waals surface area (Å²) in [5.41, 5.74) is 0. The van der Waals surface area contributed by atoms with Crippen LogP contribution in [0, 0.1) is 5.92 Å². The van der Waals surface area contributed by atoms with Gasteiger partial charge in [-0.15, -0.1) is 0 Å². The molecule has 2 amide bonds. The molecule has 2 fully saturated rings. The van der Waals surface area contributed by atoms with Crippen molar-refractivity contribution < 1.29 is 18.7 Å². The first-order valence-corrected chi connectivity index (χ1v) is 9.05. The lowest BCUT2D eigenvalue weighted by molar-refractivity contribution is -0.127. The molecule has 0 aliphatic carbocycles. The maximum Gasteiger partial charge on any atom is 0.410 e. The van der Waals surface area contributed by atoms with E-state index in [1.165, 1.54) is 0 Å². The first-order chi connectivity index (χ1) is 12.1. The van der Waals surface area contributed by atoms with Crippen LogP contribution in [0.2, 0.25) is 0 Å². The van der Waals surface area contributed by atoms with Crippen molar-refractivity contribution in [1.82, 2.24) is 9.80 Å². The topological polar surface area (TPSA) is 63.0 Å². The third-order valence-electron chi connectivity index (χ3n) is 5.35. The summed E-state index contributed by atoms with van der Waals surface area (Å²) in [5.74, 6) is 1.07. The van der Waals surface area contributed by atoms with Gasteiger partial charge >= 0.3 is 6.09 Å². The van der Waals surface area contributed by atoms with Crippen LogP contribution in [0.4, 0.5) is 4.79 Å². The lowest BCUT2D eigenvalue weighted by Crippen LogP contribution is -2.51. The molecule has 0 spiro atoms. The first-order valence-electron chi connectivity index (χ1n) is 9.05. The number of ether oxygens (including phenoxy) is 1. The smallest absolute Gasteiger partial charge is 0.410 e. The molecule has 0 radical (unpaired) electrons. The van der Waals surface area contributed by atoms with Crippen molar-refractivity contribution in [3.8, 4) is 0 Å². The molecule has 2 aliphatic heterocycles. The Morgan fingerprint density at radius 3 is 2.80 bits per heavy atom. The van der Waals surface area contributed by atoms with E-state index in [0.29, 0.717) is 31.4 Å². The van der Waals surface area contributed by atoms with Crippen LogP contribution >= 0.6 is 0 Å². The summed E-state index contributed by atoms with van der Waals surface area (Å²) in [7, 11) is 0. The van der Waals surface area contributed by atoms with Crippen molar-refractivity contribution in [2.24, 2.45) is 5.92 Å². The van der Waals surface area contributed by atoms with E-state index in [1.807, 2.05) is 15.9 Å². The number of amides is 2. The number of furan rings is 1. The minimum atomic E-state index is -0.201. The van der Waals surface area contributed by atoms with Crippen molar-refractivity contribution in [1.29, 1.82) is 0 Å². The van der Waals surface area contributed by atoms with Crippen LogP contribution in [0.5, 0.6) is 0 Å². The van der Waals surface area contributed by atoms with Crippen molar-refractivity contribution in [3.05, 3.63) is 30.2 Å². The van der Waals surface area contributed by atoms with Gasteiger partial charge in [-0.25, -0.2) is 4.79 Å². The number of rotatable bonds is 5. The number of hydrogen-bond acceptors (Lipinski definition) is 4. The van der Waals surface area contributed by atoms with Gasteiger partial charge in [-0.1, -0.05) is 20.3 Å². The molecule has 0 bridgehead atoms. The Morgan fingerprint density at radius 1 is 1.40 bits per heavy atom. The zero-order valence-electron chi connectivity index (χ0n) is 14.9. The third kappa shape index (κ3) is 3.89. The van der Waals surface area contributed by atoms with Gasteiger partial charge in [0.25, 0.3) is 0 Å². The van der Waals surface area contributed by atoms with Crippen LogP contribution in [0.1, 0.15) is 38.9 Å². The van der Waals surface area contributed by atoms with E-state index in [9.17, 15) is 9.59 Å². The van der Waals surface area contributed by atoms with Gasteiger partial charge in [0.1, 0.15) is 12.4 Å². The van der Waals surface area contributed by atoms with E-state index < -0.39 is 0 Å². The highest BCUT2D eigenvalue weighted by atomic mass is 16.6. The average molecular weight is 346 g/mol. The molecule has 2 aliphatic rings. The Kier molecular flexibility index (Phi) is 5.46. The lowest BCUT2D eigenvalue weighted by Gasteiger charge is -2.38. The fraction of sp³-hybridized carbons (Fsp3) is 0.579. The molecule has 3 heterocycles. The highest BCUT2D eigenvalue weighted by Gasteiger charge is 2.41. The summed E-state index contributed by atoms with van der Waals surface area (Å²) in [4.78, 5) is 28.2. The monoisotopic (exact) mass is 346 g/mol. The van der Waals surface area contributed by atoms with Crippen molar-refractivity contribution in [3.63, 3.8) is 0 Å². The van der Waals surface area contributed by atoms with Crippen molar-refractivity contribution >= 4 is 18.1 Å². The molecule has 0 N–H and O–H groups in total. The van der Waals surface area contributed by atoms with Gasteiger partial charge in [0.2, 0.25) is 5.91 Å². The van der Waals surface area contributed by atoms with E-state index in [4.69, 9.17) is 9.15 Å². The van der Waals surface area contributed by atoms with Gasteiger partial charge in [-0.05, 0) is 37.0 Å². The van der Waals surface area contributed by atoms with Crippen molar-refractivity contribution in [2.45, 2.75) is 45.2 Å². The first kappa shape index (κ1) is 17.6. The predicted octanol–water partition coefficient (Wildman–Crippen LogP) is 3.15. The molecule has 1 aromatic rings. The second kappa shape index (κ2) is 7.76. The summed E-state index contributed by atoms with van der Waals surface area (Å²) >= 11 is 0. The van der Waals surface area contributed by atoms with Crippen LogP contribution < -0.4 is 0 Å². The van der Waals surface area contributed by atoms with Gasteiger partial charge < -0.3 is 14.1 Å². The lowest BCUT2D eigenvalue weighted by atomic mass is 9.95. The second-order valence-corrected chi connectivity index (χ2v) is 6.84. The number of likely N-dealkylation sites (tertiary alicyclic amines) is 1. The van der Waals surface area contributed by atoms with E-state index in [-0.39, 0.29) is 24.1 Å². The summed E-state index contributed by atoms with van der Waals surface area (Å²) in [6, 6.07) is 3.92. The Hall–Kier alpha value is -2.24. The number of hydrogen-bond donors (Lipinski definition) is 0. The van der Waals surface area contributed by atoms with Gasteiger partial charge in [-0.2, -0.15) is 0 Å². The Bertz CT molecular complexity index is 617. The zero-order chi connectivity index (χ0) is 17.8. The Morgan fingerprint density at radius 2 is 2.16 bits per heavy atom. The molecular weight excluding hydrogens is 320 g/mol. The number of cyclic esters (lactones) is 1. The minimum Gasteiger partial charge on any atom is -0.465 e. The number of carbonyl (C=O) groups excluding carboxylic acids is 2. The van der Waals surface area contributed by atoms with E-state index in [2.05, 4.69) is 13.8 Å². The summed E-state index contributed by atoms with van der Waals surface area (Å²) < 4.78 is 10.5. The fourth-order valence-corrected chi connectivity index (χ4v) is 3.59. The third-order valence-corrected chi connectivity index (χ3v) is 5.35. The molecule has 136 valence electrons. The number of piperidine rings is 1. The molecule has 6 heteroatoms. The van der Waals surface area contributed by atoms with Crippen LogP contribution in [0.3, 0.4) is 0 Å². The van der Waals surface area contributed by atoms with Gasteiger partial charge in [0.15, 0.2) is 0 Å². The number of carbonyl (C=O) groups is 2. The Balaban J connectivity index is 1.56. The van der Waals surface area contributed by atoms with Gasteiger partial charge in [0.05, 0.1) is 12.3 Å². The van der Waals surface area contributed by atoms with Gasteiger partial charge in [0, 0.05) is 25.2 Å². The molecule has 6 nitrogen and oxygen atoms in total. The normalized spacial score (nSPS) is 23.3. The minimum absolute atomic E-state index is 0.0164. The van der Waals surface area contributed by atoms with Crippen LogP contribution in [0.25, 0.3) is 6.08 Å². The molecule has 3 rings (SSSR count). The largest absolute Gasteiger partial charge is 0.465 e. The van der Waals surface area contributed by atoms with Crippen LogP contribution in [0.15, 0.2) is 28.9 Å². The number of nitrogens with zero attached hydrogens (tertiary/aromatic N) is 2. The maximum atomic E-state index is 12.3. The summed E-state index contributed by atoms with van der Waals surface area (Å²) in [6.07, 6.45) is 7.22. The predicted molar refractivity (Wildman–Crippen MR) is 93.8 cm³/mol. The molecule has 0 aromatic carbocycles. The molecule has 2 atom stereocenters. The standard InChI is InChI=1S/C19H26N2O4/c1-3-14(2)17-13-25-19(23)21(17)15-8-10-20(11-9-15)18(22)7-6-16-5-4-12-24-16/h4-7,12,14-15,17H,3,8-11,13H2,1-2H3/b7-6+/t14-,17+/m0/s1. The van der Waals surface area contributed by atoms with Gasteiger partial charge in [-0.3, -0.25) is 9.69 Å². The fourth-order valence-electron chi connectivity index (χ4n) is 3.59. The molecule has 25 heavy (non-hydrogen) atoms. The second-order valence-electron chi connectivity index (χ2n) is 6.84. The highest BCUT2D eigenvalue weighted by molar-refractivity contribution is 5.91. The SMILES string of the molecule is CC[C@H](C)[C@H]1COC(=O)N1C1CCN(C(=O)/C=C/c2ccco2)CC1. The van der Waals surface area contributed by atoms with E-state index >= 15 is 0 Å². The van der Waals surface area contributed by atoms with E-state index in [1.54, 1.807) is 24.5 Å². The summed E-state index contributed by atoms with van der Waals surface area (Å²) in [5, 5.41) is 0. The molecule has 2 saturated heterocycles. The van der Waals surface area contributed by atoms with Crippen molar-refractivity contribution in [2.75, 3.05) is 19.7 Å². The zero-order valence-corrected chi connectivity index (χ0v) is 14.9.